The van der Waals surface area contributed by atoms with Crippen molar-refractivity contribution >= 4 is 17.6 Å². The van der Waals surface area contributed by atoms with Gasteiger partial charge in [-0.2, -0.15) is 0 Å². The quantitative estimate of drug-likeness (QED) is 0.846. The maximum Gasteiger partial charge on any atom is 0.230 e. The first-order valence-electron chi connectivity index (χ1n) is 7.44. The monoisotopic (exact) mass is 289 g/mol. The first-order chi connectivity index (χ1) is 9.91. The second-order valence-electron chi connectivity index (χ2n) is 6.33. The lowest BCUT2D eigenvalue weighted by atomic mass is 9.82. The lowest BCUT2D eigenvalue weighted by Crippen LogP contribution is -2.45. The Morgan fingerprint density at radius 2 is 1.90 bits per heavy atom. The lowest BCUT2D eigenvalue weighted by Gasteiger charge is -2.34. The highest BCUT2D eigenvalue weighted by molar-refractivity contribution is 5.98. The zero-order valence-corrected chi connectivity index (χ0v) is 13.0. The van der Waals surface area contributed by atoms with E-state index >= 15 is 0 Å². The number of imide groups is 1. The van der Waals surface area contributed by atoms with Crippen LogP contribution in [0.25, 0.3) is 0 Å². The Bertz CT molecular complexity index is 520. The molecule has 114 valence electrons. The number of amides is 2. The van der Waals surface area contributed by atoms with E-state index in [9.17, 15) is 9.59 Å². The van der Waals surface area contributed by atoms with Crippen molar-refractivity contribution in [1.82, 2.24) is 9.88 Å². The van der Waals surface area contributed by atoms with Crippen molar-refractivity contribution in [3.63, 3.8) is 0 Å². The molecule has 1 N–H and O–H groups in total. The average molecular weight is 289 g/mol. The molecule has 0 bridgehead atoms. The maximum absolute atomic E-state index is 12.1. The van der Waals surface area contributed by atoms with Gasteiger partial charge in [0.2, 0.25) is 11.8 Å². The SMILES string of the molecule is CCCNc1cccc(CN2C(=O)CC(C)(C)CC2=O)n1. The van der Waals surface area contributed by atoms with E-state index in [1.54, 1.807) is 0 Å². The highest BCUT2D eigenvalue weighted by Crippen LogP contribution is 2.32. The second-order valence-corrected chi connectivity index (χ2v) is 6.33. The summed E-state index contributed by atoms with van der Waals surface area (Å²) >= 11 is 0. The van der Waals surface area contributed by atoms with Gasteiger partial charge in [0, 0.05) is 19.4 Å². The Labute approximate surface area is 125 Å². The molecule has 0 atom stereocenters. The van der Waals surface area contributed by atoms with Crippen molar-refractivity contribution < 1.29 is 9.59 Å². The Morgan fingerprint density at radius 3 is 2.52 bits per heavy atom. The molecular weight excluding hydrogens is 266 g/mol. The number of hydrogen-bond acceptors (Lipinski definition) is 4. The molecule has 1 saturated heterocycles. The molecule has 2 heterocycles. The number of hydrogen-bond donors (Lipinski definition) is 1. The first-order valence-corrected chi connectivity index (χ1v) is 7.44. The fourth-order valence-corrected chi connectivity index (χ4v) is 2.47. The zero-order chi connectivity index (χ0) is 15.5. The Kier molecular flexibility index (Phi) is 4.60. The topological polar surface area (TPSA) is 62.3 Å². The summed E-state index contributed by atoms with van der Waals surface area (Å²) in [7, 11) is 0. The van der Waals surface area contributed by atoms with Gasteiger partial charge in [-0.05, 0) is 24.0 Å². The number of carbonyl (C=O) groups excluding carboxylic acids is 2. The summed E-state index contributed by atoms with van der Waals surface area (Å²) in [5.41, 5.74) is 0.500. The highest BCUT2D eigenvalue weighted by Gasteiger charge is 2.37. The minimum absolute atomic E-state index is 0.107. The molecule has 0 unspecified atom stereocenters. The number of nitrogens with one attached hydrogen (secondary N) is 1. The van der Waals surface area contributed by atoms with Crippen molar-refractivity contribution in [2.24, 2.45) is 5.41 Å². The van der Waals surface area contributed by atoms with Crippen LogP contribution in [0.2, 0.25) is 0 Å². The summed E-state index contributed by atoms with van der Waals surface area (Å²) in [6.45, 7) is 7.10. The Hall–Kier alpha value is -1.91. The van der Waals surface area contributed by atoms with Crippen LogP contribution in [0.4, 0.5) is 5.82 Å². The number of pyridine rings is 1. The van der Waals surface area contributed by atoms with Crippen LogP contribution in [0, 0.1) is 5.41 Å². The van der Waals surface area contributed by atoms with Crippen LogP contribution in [0.1, 0.15) is 45.7 Å². The molecule has 1 aliphatic heterocycles. The van der Waals surface area contributed by atoms with E-state index in [-0.39, 0.29) is 23.8 Å². The molecular formula is C16H23N3O2. The van der Waals surface area contributed by atoms with Crippen LogP contribution >= 0.6 is 0 Å². The molecule has 1 fully saturated rings. The molecule has 0 spiro atoms. The maximum atomic E-state index is 12.1. The minimum Gasteiger partial charge on any atom is -0.370 e. The van der Waals surface area contributed by atoms with E-state index < -0.39 is 0 Å². The smallest absolute Gasteiger partial charge is 0.230 e. The number of aromatic nitrogens is 1. The van der Waals surface area contributed by atoms with Gasteiger partial charge in [-0.25, -0.2) is 4.98 Å². The second kappa shape index (κ2) is 6.24. The van der Waals surface area contributed by atoms with Crippen LogP contribution < -0.4 is 5.32 Å². The zero-order valence-electron chi connectivity index (χ0n) is 13.0. The number of nitrogens with zero attached hydrogens (tertiary/aromatic N) is 2. The first kappa shape index (κ1) is 15.5. The predicted molar refractivity (Wildman–Crippen MR) is 81.6 cm³/mol. The van der Waals surface area contributed by atoms with Crippen molar-refractivity contribution in [3.05, 3.63) is 23.9 Å². The van der Waals surface area contributed by atoms with Crippen molar-refractivity contribution in [2.75, 3.05) is 11.9 Å². The van der Waals surface area contributed by atoms with Gasteiger partial charge >= 0.3 is 0 Å². The summed E-state index contributed by atoms with van der Waals surface area (Å²) < 4.78 is 0. The summed E-state index contributed by atoms with van der Waals surface area (Å²) in [4.78, 5) is 30.1. The van der Waals surface area contributed by atoms with E-state index in [1.807, 2.05) is 32.0 Å². The summed E-state index contributed by atoms with van der Waals surface area (Å²) in [6, 6.07) is 5.63. The summed E-state index contributed by atoms with van der Waals surface area (Å²) in [5, 5.41) is 3.21. The number of piperidine rings is 1. The molecule has 21 heavy (non-hydrogen) atoms. The molecule has 2 rings (SSSR count). The van der Waals surface area contributed by atoms with Crippen molar-refractivity contribution in [1.29, 1.82) is 0 Å². The molecule has 0 aromatic carbocycles. The molecule has 2 amide bonds. The van der Waals surface area contributed by atoms with E-state index in [1.165, 1.54) is 4.90 Å². The van der Waals surface area contributed by atoms with Gasteiger partial charge in [0.05, 0.1) is 12.2 Å². The standard InChI is InChI=1S/C16H23N3O2/c1-4-8-17-13-7-5-6-12(18-13)11-19-14(20)9-16(2,3)10-15(19)21/h5-7H,4,8-11H2,1-3H3,(H,17,18). The van der Waals surface area contributed by atoms with Crippen molar-refractivity contribution in [3.8, 4) is 0 Å². The predicted octanol–water partition coefficient (Wildman–Crippen LogP) is 2.58. The van der Waals surface area contributed by atoms with Gasteiger partial charge in [0.15, 0.2) is 0 Å². The number of carbonyl (C=O) groups is 2. The molecule has 0 saturated carbocycles. The molecule has 1 aromatic rings. The fraction of sp³-hybridized carbons (Fsp3) is 0.562. The van der Waals surface area contributed by atoms with E-state index in [0.717, 1.165) is 24.5 Å². The van der Waals surface area contributed by atoms with Crippen LogP contribution in [0.5, 0.6) is 0 Å². The van der Waals surface area contributed by atoms with E-state index in [2.05, 4.69) is 17.2 Å². The molecule has 0 aliphatic carbocycles. The van der Waals surface area contributed by atoms with Gasteiger partial charge < -0.3 is 5.32 Å². The average Bonchev–Trinajstić information content (AvgIpc) is 2.40. The Balaban J connectivity index is 2.07. The lowest BCUT2D eigenvalue weighted by molar-refractivity contribution is -0.153. The van der Waals surface area contributed by atoms with E-state index in [4.69, 9.17) is 0 Å². The van der Waals surface area contributed by atoms with Gasteiger partial charge in [0.25, 0.3) is 0 Å². The summed E-state index contributed by atoms with van der Waals surface area (Å²) in [5.74, 6) is 0.571. The third kappa shape index (κ3) is 4.03. The third-order valence-electron chi connectivity index (χ3n) is 3.54. The van der Waals surface area contributed by atoms with Gasteiger partial charge in [-0.15, -0.1) is 0 Å². The number of rotatable bonds is 5. The molecule has 1 aliphatic rings. The third-order valence-corrected chi connectivity index (χ3v) is 3.54. The molecule has 5 heteroatoms. The molecule has 1 aromatic heterocycles. The molecule has 0 radical (unpaired) electrons. The van der Waals surface area contributed by atoms with Gasteiger partial charge in [0.1, 0.15) is 5.82 Å². The normalized spacial score (nSPS) is 18.0. The largest absolute Gasteiger partial charge is 0.370 e. The van der Waals surface area contributed by atoms with E-state index in [0.29, 0.717) is 12.8 Å². The van der Waals surface area contributed by atoms with Gasteiger partial charge in [-0.3, -0.25) is 14.5 Å². The number of likely N-dealkylation sites (tertiary alicyclic amines) is 1. The van der Waals surface area contributed by atoms with Gasteiger partial charge in [-0.1, -0.05) is 26.8 Å². The highest BCUT2D eigenvalue weighted by atomic mass is 16.2. The number of anilines is 1. The van der Waals surface area contributed by atoms with Crippen LogP contribution in [-0.2, 0) is 16.1 Å². The van der Waals surface area contributed by atoms with Crippen molar-refractivity contribution in [2.45, 2.75) is 46.6 Å². The Morgan fingerprint density at radius 1 is 1.24 bits per heavy atom. The van der Waals surface area contributed by atoms with Crippen LogP contribution in [0.3, 0.4) is 0 Å². The van der Waals surface area contributed by atoms with Crippen LogP contribution in [0.15, 0.2) is 18.2 Å². The summed E-state index contributed by atoms with van der Waals surface area (Å²) in [6.07, 6.45) is 1.84. The fourth-order valence-electron chi connectivity index (χ4n) is 2.47. The van der Waals surface area contributed by atoms with Crippen LogP contribution in [-0.4, -0.2) is 28.2 Å². The molecule has 5 nitrogen and oxygen atoms in total. The minimum atomic E-state index is -0.234.